The number of nitrogens with two attached hydrogens (primary N) is 1. The molecule has 2 heterocycles. The third kappa shape index (κ3) is 1.43. The molecule has 0 aliphatic carbocycles. The van der Waals surface area contributed by atoms with Gasteiger partial charge < -0.3 is 5.73 Å². The number of nitrogens with zero attached hydrogens (tertiary/aromatic N) is 2. The third-order valence-corrected chi connectivity index (χ3v) is 2.34. The number of aromatic amines is 1. The van der Waals surface area contributed by atoms with Crippen molar-refractivity contribution in [3.05, 3.63) is 23.3 Å². The molecule has 66 valence electrons. The minimum absolute atomic E-state index is 0.0170. The van der Waals surface area contributed by atoms with E-state index in [0.29, 0.717) is 5.82 Å². The summed E-state index contributed by atoms with van der Waals surface area (Å²) in [6.07, 6.45) is 0. The first kappa shape index (κ1) is 7.93. The zero-order valence-corrected chi connectivity index (χ0v) is 7.34. The van der Waals surface area contributed by atoms with E-state index >= 15 is 0 Å². The van der Waals surface area contributed by atoms with Gasteiger partial charge in [-0.25, -0.2) is 4.98 Å². The fraction of sp³-hybridized carbons (Fsp3) is 0. The number of rotatable bonds is 2. The SMILES string of the molecule is NC(=O)c1n[nH]c(-c2cccs2)n1. The quantitative estimate of drug-likeness (QED) is 0.735. The average molecular weight is 194 g/mol. The van der Waals surface area contributed by atoms with Crippen molar-refractivity contribution in [2.45, 2.75) is 0 Å². The highest BCUT2D eigenvalue weighted by Crippen LogP contribution is 2.19. The van der Waals surface area contributed by atoms with Gasteiger partial charge in [0.2, 0.25) is 5.82 Å². The summed E-state index contributed by atoms with van der Waals surface area (Å²) < 4.78 is 0. The van der Waals surface area contributed by atoms with Crippen LogP contribution in [0.2, 0.25) is 0 Å². The molecule has 2 aromatic heterocycles. The summed E-state index contributed by atoms with van der Waals surface area (Å²) in [4.78, 5) is 15.5. The van der Waals surface area contributed by atoms with E-state index in [1.165, 1.54) is 11.3 Å². The zero-order valence-electron chi connectivity index (χ0n) is 6.52. The fourth-order valence-electron chi connectivity index (χ4n) is 0.895. The Balaban J connectivity index is 2.39. The Morgan fingerprint density at radius 2 is 2.46 bits per heavy atom. The molecule has 0 radical (unpaired) electrons. The van der Waals surface area contributed by atoms with E-state index in [9.17, 15) is 4.79 Å². The van der Waals surface area contributed by atoms with Crippen molar-refractivity contribution in [1.82, 2.24) is 15.2 Å². The molecule has 0 saturated carbocycles. The molecule has 0 atom stereocenters. The lowest BCUT2D eigenvalue weighted by Gasteiger charge is -1.84. The second-order valence-corrected chi connectivity index (χ2v) is 3.30. The number of thiophene rings is 1. The standard InChI is InChI=1S/C7H6N4OS/c8-5(12)7-9-6(10-11-7)4-2-1-3-13-4/h1-3H,(H2,8,12)(H,9,10,11). The van der Waals surface area contributed by atoms with Crippen molar-refractivity contribution < 1.29 is 4.79 Å². The lowest BCUT2D eigenvalue weighted by Crippen LogP contribution is -2.12. The first-order valence-electron chi connectivity index (χ1n) is 3.53. The average Bonchev–Trinajstić information content (AvgIpc) is 2.75. The van der Waals surface area contributed by atoms with Gasteiger partial charge in [0.1, 0.15) is 0 Å². The van der Waals surface area contributed by atoms with Crippen molar-refractivity contribution in [1.29, 1.82) is 0 Å². The van der Waals surface area contributed by atoms with Crippen LogP contribution in [0.1, 0.15) is 10.6 Å². The number of carbonyl (C=O) groups is 1. The van der Waals surface area contributed by atoms with Gasteiger partial charge in [-0.1, -0.05) is 6.07 Å². The van der Waals surface area contributed by atoms with Crippen molar-refractivity contribution in [2.75, 3.05) is 0 Å². The first-order valence-corrected chi connectivity index (χ1v) is 4.41. The van der Waals surface area contributed by atoms with Crippen LogP contribution in [-0.2, 0) is 0 Å². The van der Waals surface area contributed by atoms with E-state index in [1.807, 2.05) is 17.5 Å². The van der Waals surface area contributed by atoms with Crippen molar-refractivity contribution in [2.24, 2.45) is 5.73 Å². The Hall–Kier alpha value is -1.69. The van der Waals surface area contributed by atoms with Crippen LogP contribution in [-0.4, -0.2) is 21.1 Å². The Morgan fingerprint density at radius 1 is 1.62 bits per heavy atom. The van der Waals surface area contributed by atoms with E-state index in [0.717, 1.165) is 4.88 Å². The van der Waals surface area contributed by atoms with Crippen molar-refractivity contribution >= 4 is 17.2 Å². The lowest BCUT2D eigenvalue weighted by atomic mass is 10.4. The topological polar surface area (TPSA) is 84.7 Å². The third-order valence-electron chi connectivity index (χ3n) is 1.46. The van der Waals surface area contributed by atoms with Gasteiger partial charge in [0.05, 0.1) is 4.88 Å². The molecule has 6 heteroatoms. The summed E-state index contributed by atoms with van der Waals surface area (Å²) in [6.45, 7) is 0. The molecular formula is C7H6N4OS. The van der Waals surface area contributed by atoms with Crippen LogP contribution < -0.4 is 5.73 Å². The van der Waals surface area contributed by atoms with Crippen LogP contribution >= 0.6 is 11.3 Å². The second kappa shape index (κ2) is 2.98. The van der Waals surface area contributed by atoms with E-state index < -0.39 is 5.91 Å². The molecule has 0 bridgehead atoms. The maximum Gasteiger partial charge on any atom is 0.288 e. The largest absolute Gasteiger partial charge is 0.363 e. The molecule has 0 aromatic carbocycles. The summed E-state index contributed by atoms with van der Waals surface area (Å²) in [6, 6.07) is 3.78. The van der Waals surface area contributed by atoms with Crippen LogP contribution in [0.5, 0.6) is 0 Å². The van der Waals surface area contributed by atoms with Crippen LogP contribution in [0, 0.1) is 0 Å². The van der Waals surface area contributed by atoms with Gasteiger partial charge in [-0.15, -0.1) is 16.4 Å². The summed E-state index contributed by atoms with van der Waals surface area (Å²) >= 11 is 1.52. The first-order chi connectivity index (χ1) is 6.27. The van der Waals surface area contributed by atoms with Gasteiger partial charge in [-0.3, -0.25) is 9.89 Å². The van der Waals surface area contributed by atoms with Gasteiger partial charge in [-0.2, -0.15) is 0 Å². The summed E-state index contributed by atoms with van der Waals surface area (Å²) in [5.41, 5.74) is 5.00. The van der Waals surface area contributed by atoms with E-state index in [2.05, 4.69) is 15.2 Å². The van der Waals surface area contributed by atoms with Crippen LogP contribution in [0.4, 0.5) is 0 Å². The molecule has 0 saturated heterocycles. The Morgan fingerprint density at radius 3 is 3.00 bits per heavy atom. The lowest BCUT2D eigenvalue weighted by molar-refractivity contribution is 0.0991. The highest BCUT2D eigenvalue weighted by Gasteiger charge is 2.09. The summed E-state index contributed by atoms with van der Waals surface area (Å²) in [7, 11) is 0. The second-order valence-electron chi connectivity index (χ2n) is 2.35. The Bertz CT molecular complexity index is 419. The predicted octanol–water partition coefficient (Wildman–Crippen LogP) is 0.632. The fourth-order valence-corrected chi connectivity index (χ4v) is 1.56. The maximum absolute atomic E-state index is 10.7. The van der Waals surface area contributed by atoms with Gasteiger partial charge in [-0.05, 0) is 11.4 Å². The molecule has 2 aromatic rings. The smallest absolute Gasteiger partial charge is 0.288 e. The molecule has 1 amide bonds. The number of hydrogen-bond donors (Lipinski definition) is 2. The molecule has 3 N–H and O–H groups in total. The number of aromatic nitrogens is 3. The normalized spacial score (nSPS) is 10.2. The molecule has 13 heavy (non-hydrogen) atoms. The van der Waals surface area contributed by atoms with Crippen LogP contribution in [0.3, 0.4) is 0 Å². The highest BCUT2D eigenvalue weighted by molar-refractivity contribution is 7.13. The van der Waals surface area contributed by atoms with Gasteiger partial charge >= 0.3 is 0 Å². The molecular weight excluding hydrogens is 188 g/mol. The minimum Gasteiger partial charge on any atom is -0.363 e. The van der Waals surface area contributed by atoms with Crippen molar-refractivity contribution in [3.63, 3.8) is 0 Å². The highest BCUT2D eigenvalue weighted by atomic mass is 32.1. The van der Waals surface area contributed by atoms with Gasteiger partial charge in [0, 0.05) is 0 Å². The molecule has 0 spiro atoms. The number of H-pyrrole nitrogens is 1. The maximum atomic E-state index is 10.7. The molecule has 0 aliphatic heterocycles. The molecule has 0 fully saturated rings. The summed E-state index contributed by atoms with van der Waals surface area (Å²) in [5, 5.41) is 8.22. The zero-order chi connectivity index (χ0) is 9.26. The van der Waals surface area contributed by atoms with E-state index in [4.69, 9.17) is 5.73 Å². The predicted molar refractivity (Wildman–Crippen MR) is 48.2 cm³/mol. The van der Waals surface area contributed by atoms with Gasteiger partial charge in [0.15, 0.2) is 5.82 Å². The molecule has 5 nitrogen and oxygen atoms in total. The number of hydrogen-bond acceptors (Lipinski definition) is 4. The molecule has 2 rings (SSSR count). The van der Waals surface area contributed by atoms with Crippen molar-refractivity contribution in [3.8, 4) is 10.7 Å². The molecule has 0 unspecified atom stereocenters. The monoisotopic (exact) mass is 194 g/mol. The summed E-state index contributed by atoms with van der Waals surface area (Å²) in [5.74, 6) is -0.0359. The Labute approximate surface area is 77.6 Å². The van der Waals surface area contributed by atoms with E-state index in [1.54, 1.807) is 0 Å². The number of primary amides is 1. The number of carbonyl (C=O) groups excluding carboxylic acids is 1. The minimum atomic E-state index is -0.626. The number of nitrogens with one attached hydrogen (secondary N) is 1. The molecule has 0 aliphatic rings. The van der Waals surface area contributed by atoms with Crippen LogP contribution in [0.25, 0.3) is 10.7 Å². The number of amides is 1. The van der Waals surface area contributed by atoms with Crippen LogP contribution in [0.15, 0.2) is 17.5 Å². The van der Waals surface area contributed by atoms with E-state index in [-0.39, 0.29) is 5.82 Å². The Kier molecular flexibility index (Phi) is 1.82. The van der Waals surface area contributed by atoms with Gasteiger partial charge in [0.25, 0.3) is 5.91 Å².